The molecule has 1 aliphatic carbocycles. The molecule has 1 aromatic rings. The third kappa shape index (κ3) is 6.92. The van der Waals surface area contributed by atoms with Crippen LogP contribution in [-0.2, 0) is 11.3 Å². The molecule has 1 saturated heterocycles. The molecule has 0 bridgehead atoms. The van der Waals surface area contributed by atoms with Gasteiger partial charge in [-0.25, -0.2) is 0 Å². The number of hydrogen-bond donors (Lipinski definition) is 2. The van der Waals surface area contributed by atoms with Crippen LogP contribution in [0.15, 0.2) is 29.4 Å². The molecular weight excluding hydrogens is 326 g/mol. The van der Waals surface area contributed by atoms with Crippen LogP contribution in [0, 0.1) is 5.92 Å². The number of rotatable bonds is 9. The van der Waals surface area contributed by atoms with E-state index >= 15 is 0 Å². The maximum absolute atomic E-state index is 5.67. The number of aliphatic imine (C=N–C) groups is 1. The molecule has 0 unspecified atom stereocenters. The second-order valence-electron chi connectivity index (χ2n) is 7.29. The van der Waals surface area contributed by atoms with E-state index in [0.717, 1.165) is 76.4 Å². The third-order valence-electron chi connectivity index (χ3n) is 4.94. The van der Waals surface area contributed by atoms with Gasteiger partial charge in [0.1, 0.15) is 0 Å². The monoisotopic (exact) mass is 359 g/mol. The Balaban J connectivity index is 1.36. The Morgan fingerprint density at radius 1 is 1.27 bits per heavy atom. The molecule has 0 aromatic carbocycles. The first-order valence-corrected chi connectivity index (χ1v) is 10.1. The number of pyridine rings is 1. The quantitative estimate of drug-likeness (QED) is 0.401. The summed E-state index contributed by atoms with van der Waals surface area (Å²) in [4.78, 5) is 11.6. The zero-order chi connectivity index (χ0) is 18.0. The van der Waals surface area contributed by atoms with E-state index in [1.54, 1.807) is 0 Å². The highest BCUT2D eigenvalue weighted by Crippen LogP contribution is 2.28. The van der Waals surface area contributed by atoms with E-state index in [4.69, 9.17) is 4.74 Å². The lowest BCUT2D eigenvalue weighted by atomic mass is 10.0. The number of likely N-dealkylation sites (tertiary alicyclic amines) is 1. The molecule has 3 rings (SSSR count). The summed E-state index contributed by atoms with van der Waals surface area (Å²) in [5, 5.41) is 6.95. The van der Waals surface area contributed by atoms with Gasteiger partial charge in [0.05, 0.1) is 18.8 Å². The number of piperidine rings is 1. The van der Waals surface area contributed by atoms with Crippen molar-refractivity contribution in [2.45, 2.75) is 45.2 Å². The van der Waals surface area contributed by atoms with Gasteiger partial charge in [-0.15, -0.1) is 0 Å². The smallest absolute Gasteiger partial charge is 0.191 e. The van der Waals surface area contributed by atoms with Crippen LogP contribution in [0.3, 0.4) is 0 Å². The van der Waals surface area contributed by atoms with Gasteiger partial charge in [-0.2, -0.15) is 0 Å². The minimum absolute atomic E-state index is 0.486. The molecule has 1 saturated carbocycles. The minimum atomic E-state index is 0.486. The lowest BCUT2D eigenvalue weighted by Gasteiger charge is -2.32. The van der Waals surface area contributed by atoms with Crippen molar-refractivity contribution in [3.63, 3.8) is 0 Å². The SMILES string of the molecule is CCNC(=NCCOCC1CC1)NC1CCN(Cc2ccccn2)CC1. The van der Waals surface area contributed by atoms with Gasteiger partial charge in [-0.05, 0) is 50.7 Å². The highest BCUT2D eigenvalue weighted by Gasteiger charge is 2.21. The Morgan fingerprint density at radius 2 is 2.12 bits per heavy atom. The molecule has 6 nitrogen and oxygen atoms in total. The number of hydrogen-bond acceptors (Lipinski definition) is 4. The van der Waals surface area contributed by atoms with Crippen LogP contribution < -0.4 is 10.6 Å². The first kappa shape index (κ1) is 19.1. The van der Waals surface area contributed by atoms with Crippen LogP contribution in [0.5, 0.6) is 0 Å². The molecule has 2 N–H and O–H groups in total. The molecule has 1 aliphatic heterocycles. The lowest BCUT2D eigenvalue weighted by Crippen LogP contribution is -2.48. The molecule has 26 heavy (non-hydrogen) atoms. The highest BCUT2D eigenvalue weighted by molar-refractivity contribution is 5.80. The van der Waals surface area contributed by atoms with Crippen molar-refractivity contribution in [3.05, 3.63) is 30.1 Å². The molecule has 0 radical (unpaired) electrons. The standard InChI is InChI=1S/C20H33N5O/c1-2-21-20(23-11-14-26-16-17-6-7-17)24-18-8-12-25(13-9-18)15-19-5-3-4-10-22-19/h3-5,10,17-18H,2,6-9,11-16H2,1H3,(H2,21,23,24). The molecule has 2 heterocycles. The minimum Gasteiger partial charge on any atom is -0.379 e. The summed E-state index contributed by atoms with van der Waals surface area (Å²) in [6.07, 6.45) is 6.82. The van der Waals surface area contributed by atoms with E-state index in [2.05, 4.69) is 44.6 Å². The van der Waals surface area contributed by atoms with E-state index in [0.29, 0.717) is 6.04 Å². The predicted octanol–water partition coefficient (Wildman–Crippen LogP) is 2.03. The Hall–Kier alpha value is -1.66. The number of guanidine groups is 1. The summed E-state index contributed by atoms with van der Waals surface area (Å²) in [5.41, 5.74) is 1.15. The van der Waals surface area contributed by atoms with Crippen LogP contribution in [0.2, 0.25) is 0 Å². The van der Waals surface area contributed by atoms with Crippen LogP contribution in [0.1, 0.15) is 38.3 Å². The molecule has 0 amide bonds. The fraction of sp³-hybridized carbons (Fsp3) is 0.700. The number of nitrogens with one attached hydrogen (secondary N) is 2. The van der Waals surface area contributed by atoms with Crippen molar-refractivity contribution in [1.82, 2.24) is 20.5 Å². The van der Waals surface area contributed by atoms with Crippen LogP contribution in [0.4, 0.5) is 0 Å². The second kappa shape index (κ2) is 10.5. The van der Waals surface area contributed by atoms with Gasteiger partial charge in [0, 0.05) is 45.0 Å². The summed E-state index contributed by atoms with van der Waals surface area (Å²) in [5.74, 6) is 1.74. The van der Waals surface area contributed by atoms with Crippen molar-refractivity contribution in [2.24, 2.45) is 10.9 Å². The summed E-state index contributed by atoms with van der Waals surface area (Å²) in [7, 11) is 0. The van der Waals surface area contributed by atoms with Crippen molar-refractivity contribution < 1.29 is 4.74 Å². The number of nitrogens with zero attached hydrogens (tertiary/aromatic N) is 3. The summed E-state index contributed by atoms with van der Waals surface area (Å²) in [6, 6.07) is 6.62. The zero-order valence-electron chi connectivity index (χ0n) is 16.0. The third-order valence-corrected chi connectivity index (χ3v) is 4.94. The maximum atomic E-state index is 5.67. The molecule has 0 atom stereocenters. The van der Waals surface area contributed by atoms with Crippen LogP contribution in [0.25, 0.3) is 0 Å². The number of aromatic nitrogens is 1. The Kier molecular flexibility index (Phi) is 7.70. The van der Waals surface area contributed by atoms with Gasteiger partial charge in [0.2, 0.25) is 0 Å². The Labute approximate surface area is 157 Å². The average Bonchev–Trinajstić information content (AvgIpc) is 3.48. The van der Waals surface area contributed by atoms with Crippen molar-refractivity contribution in [1.29, 1.82) is 0 Å². The summed E-state index contributed by atoms with van der Waals surface area (Å²) >= 11 is 0. The molecule has 2 aliphatic rings. The highest BCUT2D eigenvalue weighted by atomic mass is 16.5. The maximum Gasteiger partial charge on any atom is 0.191 e. The van der Waals surface area contributed by atoms with Crippen LogP contribution >= 0.6 is 0 Å². The van der Waals surface area contributed by atoms with E-state index in [1.165, 1.54) is 12.8 Å². The predicted molar refractivity (Wildman–Crippen MR) is 105 cm³/mol. The zero-order valence-corrected chi connectivity index (χ0v) is 16.0. The fourth-order valence-corrected chi connectivity index (χ4v) is 3.23. The average molecular weight is 360 g/mol. The van der Waals surface area contributed by atoms with Gasteiger partial charge in [-0.3, -0.25) is 14.9 Å². The van der Waals surface area contributed by atoms with Gasteiger partial charge in [0.25, 0.3) is 0 Å². The molecule has 1 aromatic heterocycles. The molecule has 144 valence electrons. The summed E-state index contributed by atoms with van der Waals surface area (Å²) in [6.45, 7) is 8.48. The van der Waals surface area contributed by atoms with Gasteiger partial charge < -0.3 is 15.4 Å². The van der Waals surface area contributed by atoms with E-state index in [-0.39, 0.29) is 0 Å². The van der Waals surface area contributed by atoms with Crippen LogP contribution in [-0.4, -0.2) is 61.3 Å². The van der Waals surface area contributed by atoms with E-state index in [9.17, 15) is 0 Å². The van der Waals surface area contributed by atoms with Crippen molar-refractivity contribution in [3.8, 4) is 0 Å². The normalized spacial score (nSPS) is 19.5. The van der Waals surface area contributed by atoms with Crippen molar-refractivity contribution >= 4 is 5.96 Å². The van der Waals surface area contributed by atoms with E-state index in [1.807, 2.05) is 12.3 Å². The first-order valence-electron chi connectivity index (χ1n) is 10.1. The Morgan fingerprint density at radius 3 is 2.81 bits per heavy atom. The van der Waals surface area contributed by atoms with E-state index < -0.39 is 0 Å². The Bertz CT molecular complexity index is 538. The summed E-state index contributed by atoms with van der Waals surface area (Å²) < 4.78 is 5.67. The largest absolute Gasteiger partial charge is 0.379 e. The lowest BCUT2D eigenvalue weighted by molar-refractivity contribution is 0.131. The first-order chi connectivity index (χ1) is 12.8. The van der Waals surface area contributed by atoms with Crippen molar-refractivity contribution in [2.75, 3.05) is 39.4 Å². The van der Waals surface area contributed by atoms with Gasteiger partial charge in [0.15, 0.2) is 5.96 Å². The molecular formula is C20H33N5O. The molecule has 0 spiro atoms. The fourth-order valence-electron chi connectivity index (χ4n) is 3.23. The van der Waals surface area contributed by atoms with Gasteiger partial charge >= 0.3 is 0 Å². The van der Waals surface area contributed by atoms with Gasteiger partial charge in [-0.1, -0.05) is 6.07 Å². The second-order valence-corrected chi connectivity index (χ2v) is 7.29. The number of ether oxygens (including phenoxy) is 1. The molecule has 2 fully saturated rings. The molecule has 6 heteroatoms. The topological polar surface area (TPSA) is 61.8 Å².